The number of Topliss-reactive ketones (excluding diaryl/α,β-unsaturated/α-hetero) is 1. The standard InChI is InChI=1S/C29H32N2O8/c1-16-6-7-19(13-22(16)31(34)35)27-26(29(33)39-11-10-36-3)17(2)30-21-12-20(14-23(32)28(21)27)18-8-9-24(37-4)25(15-18)38-5/h6-9,13,15,20,27,30H,10-12,14H2,1-5H3/t20-,27-/m0/s1. The Hall–Kier alpha value is -4.18. The number of dihydropyridines is 1. The van der Waals surface area contributed by atoms with Crippen molar-refractivity contribution in [1.82, 2.24) is 5.32 Å². The van der Waals surface area contributed by atoms with Crippen LogP contribution in [0.15, 0.2) is 58.9 Å². The number of nitrogens with zero attached hydrogens (tertiary/aromatic N) is 1. The molecule has 1 aliphatic carbocycles. The number of hydrogen-bond donors (Lipinski definition) is 1. The van der Waals surface area contributed by atoms with Crippen molar-refractivity contribution in [3.8, 4) is 11.5 Å². The van der Waals surface area contributed by atoms with Crippen molar-refractivity contribution in [3.05, 3.63) is 85.7 Å². The van der Waals surface area contributed by atoms with Crippen LogP contribution in [-0.2, 0) is 19.1 Å². The topological polar surface area (TPSA) is 126 Å². The lowest BCUT2D eigenvalue weighted by Crippen LogP contribution is -2.36. The van der Waals surface area contributed by atoms with Crippen molar-refractivity contribution in [2.45, 2.75) is 38.5 Å². The normalized spacial score (nSPS) is 18.8. The molecule has 0 unspecified atom stereocenters. The first kappa shape index (κ1) is 27.8. The van der Waals surface area contributed by atoms with Crippen molar-refractivity contribution in [2.24, 2.45) is 0 Å². The van der Waals surface area contributed by atoms with Gasteiger partial charge in [-0.1, -0.05) is 18.2 Å². The first-order valence-corrected chi connectivity index (χ1v) is 12.6. The van der Waals surface area contributed by atoms with Gasteiger partial charge in [0, 0.05) is 48.0 Å². The monoisotopic (exact) mass is 536 g/mol. The van der Waals surface area contributed by atoms with Gasteiger partial charge in [0.2, 0.25) is 0 Å². The summed E-state index contributed by atoms with van der Waals surface area (Å²) < 4.78 is 21.2. The largest absolute Gasteiger partial charge is 0.493 e. The van der Waals surface area contributed by atoms with Gasteiger partial charge in [-0.2, -0.15) is 0 Å². The Morgan fingerprint density at radius 2 is 1.72 bits per heavy atom. The van der Waals surface area contributed by atoms with Gasteiger partial charge in [-0.15, -0.1) is 0 Å². The summed E-state index contributed by atoms with van der Waals surface area (Å²) in [6.07, 6.45) is 0.704. The van der Waals surface area contributed by atoms with Crippen LogP contribution in [0.4, 0.5) is 5.69 Å². The number of ether oxygens (including phenoxy) is 4. The van der Waals surface area contributed by atoms with E-state index in [-0.39, 0.29) is 42.6 Å². The van der Waals surface area contributed by atoms with E-state index < -0.39 is 16.8 Å². The van der Waals surface area contributed by atoms with Gasteiger partial charge < -0.3 is 24.3 Å². The average Bonchev–Trinajstić information content (AvgIpc) is 2.91. The molecule has 2 aliphatic rings. The Morgan fingerprint density at radius 3 is 2.38 bits per heavy atom. The number of carbonyl (C=O) groups is 2. The predicted octanol–water partition coefficient (Wildman–Crippen LogP) is 4.47. The van der Waals surface area contributed by atoms with E-state index in [0.29, 0.717) is 46.0 Å². The second kappa shape index (κ2) is 11.7. The van der Waals surface area contributed by atoms with Crippen molar-refractivity contribution in [3.63, 3.8) is 0 Å². The molecule has 39 heavy (non-hydrogen) atoms. The molecule has 10 nitrogen and oxygen atoms in total. The fraction of sp³-hybridized carbons (Fsp3) is 0.379. The number of esters is 1. The van der Waals surface area contributed by atoms with Crippen LogP contribution in [0.2, 0.25) is 0 Å². The molecule has 1 heterocycles. The molecule has 0 aromatic heterocycles. The molecule has 0 fully saturated rings. The zero-order valence-electron chi connectivity index (χ0n) is 22.7. The molecular formula is C29H32N2O8. The number of nitro groups is 1. The zero-order valence-corrected chi connectivity index (χ0v) is 22.7. The summed E-state index contributed by atoms with van der Waals surface area (Å²) in [5, 5.41) is 15.0. The van der Waals surface area contributed by atoms with Gasteiger partial charge in [-0.25, -0.2) is 4.79 Å². The quantitative estimate of drug-likeness (QED) is 0.214. The van der Waals surface area contributed by atoms with E-state index in [0.717, 1.165) is 5.56 Å². The van der Waals surface area contributed by atoms with Crippen LogP contribution in [0.1, 0.15) is 48.3 Å². The third-order valence-electron chi connectivity index (χ3n) is 7.21. The van der Waals surface area contributed by atoms with Gasteiger partial charge in [-0.3, -0.25) is 14.9 Å². The molecule has 1 N–H and O–H groups in total. The number of nitro benzene ring substituents is 1. The fourth-order valence-electron chi connectivity index (χ4n) is 5.28. The van der Waals surface area contributed by atoms with E-state index in [9.17, 15) is 19.7 Å². The summed E-state index contributed by atoms with van der Waals surface area (Å²) in [6.45, 7) is 3.65. The van der Waals surface area contributed by atoms with E-state index in [1.54, 1.807) is 40.2 Å². The van der Waals surface area contributed by atoms with E-state index in [1.165, 1.54) is 13.2 Å². The lowest BCUT2D eigenvalue weighted by molar-refractivity contribution is -0.385. The van der Waals surface area contributed by atoms with Crippen LogP contribution in [0.25, 0.3) is 0 Å². The molecule has 0 spiro atoms. The minimum absolute atomic E-state index is 0.0358. The van der Waals surface area contributed by atoms with E-state index in [1.807, 2.05) is 18.2 Å². The highest BCUT2D eigenvalue weighted by Crippen LogP contribution is 2.47. The number of benzene rings is 2. The van der Waals surface area contributed by atoms with Crippen molar-refractivity contribution < 1.29 is 33.5 Å². The molecule has 0 saturated carbocycles. The molecule has 0 bridgehead atoms. The Morgan fingerprint density at radius 1 is 1.00 bits per heavy atom. The van der Waals surface area contributed by atoms with Crippen LogP contribution in [0.3, 0.4) is 0 Å². The molecule has 206 valence electrons. The van der Waals surface area contributed by atoms with Gasteiger partial charge >= 0.3 is 5.97 Å². The Kier molecular flexibility index (Phi) is 8.35. The third-order valence-corrected chi connectivity index (χ3v) is 7.21. The van der Waals surface area contributed by atoms with E-state index >= 15 is 0 Å². The number of nitrogens with one attached hydrogen (secondary N) is 1. The van der Waals surface area contributed by atoms with E-state index in [2.05, 4.69) is 5.32 Å². The fourth-order valence-corrected chi connectivity index (χ4v) is 5.28. The first-order chi connectivity index (χ1) is 18.7. The molecule has 2 aromatic rings. The highest BCUT2D eigenvalue weighted by molar-refractivity contribution is 6.04. The highest BCUT2D eigenvalue weighted by atomic mass is 16.6. The summed E-state index contributed by atoms with van der Waals surface area (Å²) in [7, 11) is 4.62. The number of carbonyl (C=O) groups excluding carboxylic acids is 2. The zero-order chi connectivity index (χ0) is 28.3. The first-order valence-electron chi connectivity index (χ1n) is 12.6. The summed E-state index contributed by atoms with van der Waals surface area (Å²) >= 11 is 0. The maximum absolute atomic E-state index is 13.8. The van der Waals surface area contributed by atoms with Crippen LogP contribution < -0.4 is 14.8 Å². The van der Waals surface area contributed by atoms with Crippen LogP contribution in [0, 0.1) is 17.0 Å². The summed E-state index contributed by atoms with van der Waals surface area (Å²) in [5.41, 5.74) is 3.70. The van der Waals surface area contributed by atoms with Crippen molar-refractivity contribution in [2.75, 3.05) is 34.5 Å². The predicted molar refractivity (Wildman–Crippen MR) is 143 cm³/mol. The summed E-state index contributed by atoms with van der Waals surface area (Å²) in [6, 6.07) is 10.4. The molecule has 10 heteroatoms. The second-order valence-electron chi connectivity index (χ2n) is 9.56. The third kappa shape index (κ3) is 5.51. The van der Waals surface area contributed by atoms with Gasteiger partial charge in [0.25, 0.3) is 5.69 Å². The number of methoxy groups -OCH3 is 3. The number of aryl methyl sites for hydroxylation is 1. The molecule has 1 aliphatic heterocycles. The summed E-state index contributed by atoms with van der Waals surface area (Å²) in [5.74, 6) is -0.538. The van der Waals surface area contributed by atoms with Gasteiger partial charge in [0.1, 0.15) is 6.61 Å². The maximum atomic E-state index is 13.8. The van der Waals surface area contributed by atoms with Crippen molar-refractivity contribution in [1.29, 1.82) is 0 Å². The number of hydrogen-bond acceptors (Lipinski definition) is 9. The molecule has 0 amide bonds. The summed E-state index contributed by atoms with van der Waals surface area (Å²) in [4.78, 5) is 38.4. The van der Waals surface area contributed by atoms with Crippen LogP contribution >= 0.6 is 0 Å². The van der Waals surface area contributed by atoms with Gasteiger partial charge in [0.15, 0.2) is 17.3 Å². The lowest BCUT2D eigenvalue weighted by atomic mass is 9.71. The molecule has 2 atom stereocenters. The van der Waals surface area contributed by atoms with Crippen molar-refractivity contribution >= 4 is 17.4 Å². The second-order valence-corrected chi connectivity index (χ2v) is 9.56. The minimum atomic E-state index is -0.811. The minimum Gasteiger partial charge on any atom is -0.493 e. The van der Waals surface area contributed by atoms with Crippen LogP contribution in [0.5, 0.6) is 11.5 Å². The smallest absolute Gasteiger partial charge is 0.336 e. The van der Waals surface area contributed by atoms with Gasteiger partial charge in [0.05, 0.1) is 31.3 Å². The number of ketones is 1. The molecule has 0 radical (unpaired) electrons. The molecular weight excluding hydrogens is 504 g/mol. The number of rotatable bonds is 9. The number of allylic oxidation sites excluding steroid dienone is 3. The molecule has 4 rings (SSSR count). The Labute approximate surface area is 226 Å². The Bertz CT molecular complexity index is 1380. The van der Waals surface area contributed by atoms with Gasteiger partial charge in [-0.05, 0) is 49.4 Å². The lowest BCUT2D eigenvalue weighted by Gasteiger charge is -2.36. The maximum Gasteiger partial charge on any atom is 0.336 e. The van der Waals surface area contributed by atoms with Crippen LogP contribution in [-0.4, -0.2) is 51.2 Å². The average molecular weight is 537 g/mol. The Balaban J connectivity index is 1.79. The van der Waals surface area contributed by atoms with E-state index in [4.69, 9.17) is 18.9 Å². The molecule has 2 aromatic carbocycles. The highest BCUT2D eigenvalue weighted by Gasteiger charge is 2.42. The molecule has 0 saturated heterocycles. The SMILES string of the molecule is COCCOC(=O)C1=C(C)NC2=C(C(=O)C[C@@H](c3ccc(OC)c(OC)c3)C2)[C@H]1c1ccc(C)c([N+](=O)[O-])c1.